The summed E-state index contributed by atoms with van der Waals surface area (Å²) in [6.07, 6.45) is -7.76. The van der Waals surface area contributed by atoms with E-state index in [1.165, 1.54) is 36.6 Å². The number of aliphatic hydroxyl groups excluding tert-OH is 3. The molecule has 1 saturated heterocycles. The van der Waals surface area contributed by atoms with Crippen molar-refractivity contribution >= 4 is 16.9 Å². The van der Waals surface area contributed by atoms with Gasteiger partial charge in [0.05, 0.1) is 16.9 Å². The Hall–Kier alpha value is -1.80. The molecule has 1 fully saturated rings. The van der Waals surface area contributed by atoms with Crippen LogP contribution in [0, 0.1) is 0 Å². The molecule has 4 N–H and O–H groups in total. The number of carbonyl (C=O) groups is 1. The molecule has 0 amide bonds. The van der Waals surface area contributed by atoms with Crippen molar-refractivity contribution in [2.24, 2.45) is 0 Å². The normalized spacial score (nSPS) is 25.2. The third kappa shape index (κ3) is 4.76. The van der Waals surface area contributed by atoms with Crippen molar-refractivity contribution in [1.82, 2.24) is 0 Å². The first-order chi connectivity index (χ1) is 14.8. The van der Waals surface area contributed by atoms with Gasteiger partial charge in [-0.25, -0.2) is 0 Å². The molecule has 2 heterocycles. The zero-order valence-corrected chi connectivity index (χ0v) is 19.9. The number of carbonyl (C=O) groups excluding carboxylic acids is 1. The van der Waals surface area contributed by atoms with E-state index >= 15 is 0 Å². The Morgan fingerprint density at radius 1 is 1.00 bits per heavy atom. The van der Waals surface area contributed by atoms with Crippen molar-refractivity contribution in [1.29, 1.82) is 0 Å². The van der Waals surface area contributed by atoms with Crippen molar-refractivity contribution in [3.05, 3.63) is 59.0 Å². The first-order valence-corrected chi connectivity index (χ1v) is 9.18. The van der Waals surface area contributed by atoms with Gasteiger partial charge in [0.25, 0.3) is 0 Å². The molecule has 11 heteroatoms. The quantitative estimate of drug-likeness (QED) is 0.278. The van der Waals surface area contributed by atoms with Gasteiger partial charge in [-0.1, -0.05) is 12.1 Å². The Labute approximate surface area is 223 Å². The molecule has 32 heavy (non-hydrogen) atoms. The number of hydrogen-bond donors (Lipinski definition) is 4. The molecule has 0 radical (unpaired) electrons. The van der Waals surface area contributed by atoms with Crippen LogP contribution in [0.1, 0.15) is 0 Å². The van der Waals surface area contributed by atoms with E-state index in [-0.39, 0.29) is 84.8 Å². The molecule has 0 saturated carbocycles. The second kappa shape index (κ2) is 9.99. The van der Waals surface area contributed by atoms with Crippen LogP contribution in [-0.4, -0.2) is 57.1 Å². The number of fused-ring (bicyclic) bond motifs is 1. The van der Waals surface area contributed by atoms with E-state index in [0.717, 1.165) is 0 Å². The van der Waals surface area contributed by atoms with Gasteiger partial charge in [0.2, 0.25) is 6.29 Å². The number of aromatic hydroxyl groups is 1. The van der Waals surface area contributed by atoms with E-state index in [4.69, 9.17) is 13.9 Å². The summed E-state index contributed by atoms with van der Waals surface area (Å²) in [5.41, 5.74) is 0.643. The molecule has 1 aliphatic heterocycles. The molecule has 0 spiro atoms. The third-order valence-corrected chi connectivity index (χ3v) is 4.98. The second-order valence-corrected chi connectivity index (χ2v) is 7.02. The number of hydrogen-bond acceptors (Lipinski definition) is 10. The van der Waals surface area contributed by atoms with Crippen molar-refractivity contribution in [3.63, 3.8) is 0 Å². The van der Waals surface area contributed by atoms with Crippen molar-refractivity contribution < 1.29 is 95.6 Å². The minimum Gasteiger partial charge on any atom is -0.547 e. The maximum absolute atomic E-state index is 12.8. The fourth-order valence-corrected chi connectivity index (χ4v) is 3.30. The summed E-state index contributed by atoms with van der Waals surface area (Å²) >= 11 is 0. The van der Waals surface area contributed by atoms with Crippen LogP contribution in [0.4, 0.5) is 0 Å². The van der Waals surface area contributed by atoms with E-state index < -0.39 is 36.7 Å². The molecule has 3 aromatic rings. The van der Waals surface area contributed by atoms with Crippen LogP contribution in [0.5, 0.6) is 11.5 Å². The van der Waals surface area contributed by atoms with Crippen molar-refractivity contribution in [2.75, 3.05) is 0 Å². The number of ether oxygens (including phenoxy) is 2. The van der Waals surface area contributed by atoms with E-state index in [9.17, 15) is 35.1 Å². The molecule has 0 bridgehead atoms. The van der Waals surface area contributed by atoms with Crippen LogP contribution >= 0.6 is 0 Å². The number of phenols is 1. The first kappa shape index (κ1) is 24.8. The molecule has 3 unspecified atom stereocenters. The average Bonchev–Trinajstić information content (AvgIpc) is 2.75. The standard InChI is InChI=1S/C21H18O10.K/c22-10-3-1-9(2-4-10)13-8-29-14-7-11(5-6-12(14)15(13)23)30-21-18(26)16(24)17(25)19(31-21)20(27)28;/h1-8,16-19,21-22,24-26H,(H,27,28);/q;+1/p-1/t16?,17-,18?,19?,21+;/m0./s1. The Morgan fingerprint density at radius 2 is 1.69 bits per heavy atom. The minimum atomic E-state index is -1.91. The summed E-state index contributed by atoms with van der Waals surface area (Å²) in [5, 5.41) is 50.3. The molecular formula is C21H17KO10. The van der Waals surface area contributed by atoms with Gasteiger partial charge in [-0.2, -0.15) is 0 Å². The number of carboxylic acid groups (broad SMARTS) is 1. The van der Waals surface area contributed by atoms with Crippen LogP contribution in [0.3, 0.4) is 0 Å². The van der Waals surface area contributed by atoms with Gasteiger partial charge in [-0.3, -0.25) is 4.79 Å². The van der Waals surface area contributed by atoms with Crippen LogP contribution in [0.25, 0.3) is 22.1 Å². The monoisotopic (exact) mass is 468 g/mol. The molecule has 5 atom stereocenters. The molecule has 1 aliphatic rings. The SMILES string of the molecule is O=C([O-])C1O[C@@H](Oc2ccc3c(=O)c(-c4ccc(O)cc4)coc3c2)C(O)C(O)[C@@H]1O.[K+]. The number of carboxylic acids is 1. The predicted molar refractivity (Wildman–Crippen MR) is 102 cm³/mol. The Balaban J connectivity index is 0.00000289. The van der Waals surface area contributed by atoms with Gasteiger partial charge in [0.1, 0.15) is 47.8 Å². The summed E-state index contributed by atoms with van der Waals surface area (Å²) in [6, 6.07) is 10.1. The molecule has 162 valence electrons. The minimum absolute atomic E-state index is 0. The fraction of sp³-hybridized carbons (Fsp3) is 0.238. The van der Waals surface area contributed by atoms with E-state index in [1.54, 1.807) is 12.1 Å². The summed E-state index contributed by atoms with van der Waals surface area (Å²) in [5.74, 6) is -1.67. The predicted octanol–water partition coefficient (Wildman–Crippen LogP) is -3.89. The number of aliphatic carboxylic acids is 1. The molecule has 2 aromatic carbocycles. The zero-order valence-electron chi connectivity index (χ0n) is 16.7. The summed E-state index contributed by atoms with van der Waals surface area (Å²) in [7, 11) is 0. The summed E-state index contributed by atoms with van der Waals surface area (Å²) in [4.78, 5) is 23.9. The zero-order chi connectivity index (χ0) is 22.3. The maximum atomic E-state index is 12.8. The van der Waals surface area contributed by atoms with E-state index in [0.29, 0.717) is 5.56 Å². The summed E-state index contributed by atoms with van der Waals surface area (Å²) in [6.45, 7) is 0. The average molecular weight is 468 g/mol. The third-order valence-electron chi connectivity index (χ3n) is 4.98. The Kier molecular flexibility index (Phi) is 7.75. The van der Waals surface area contributed by atoms with Crippen molar-refractivity contribution in [2.45, 2.75) is 30.7 Å². The van der Waals surface area contributed by atoms with E-state index in [1.807, 2.05) is 0 Å². The molecule has 4 rings (SSSR count). The van der Waals surface area contributed by atoms with Gasteiger partial charge >= 0.3 is 51.4 Å². The fourth-order valence-electron chi connectivity index (χ4n) is 3.30. The number of benzene rings is 2. The summed E-state index contributed by atoms with van der Waals surface area (Å²) < 4.78 is 16.0. The Bertz CT molecular complexity index is 1180. The molecule has 1 aromatic heterocycles. The maximum Gasteiger partial charge on any atom is 1.00 e. The number of rotatable bonds is 4. The molecule has 0 aliphatic carbocycles. The smallest absolute Gasteiger partial charge is 0.547 e. The second-order valence-electron chi connectivity index (χ2n) is 7.02. The van der Waals surface area contributed by atoms with Crippen LogP contribution in [0.15, 0.2) is 57.9 Å². The van der Waals surface area contributed by atoms with Gasteiger partial charge in [-0.15, -0.1) is 0 Å². The number of aliphatic hydroxyl groups is 3. The molecule has 10 nitrogen and oxygen atoms in total. The number of phenolic OH excluding ortho intramolecular Hbond substituents is 1. The van der Waals surface area contributed by atoms with Gasteiger partial charge < -0.3 is 44.2 Å². The van der Waals surface area contributed by atoms with Gasteiger partial charge in [0.15, 0.2) is 5.43 Å². The topological polar surface area (TPSA) is 170 Å². The van der Waals surface area contributed by atoms with Gasteiger partial charge in [-0.05, 0) is 29.8 Å². The van der Waals surface area contributed by atoms with Crippen molar-refractivity contribution in [3.8, 4) is 22.6 Å². The van der Waals surface area contributed by atoms with Gasteiger partial charge in [0, 0.05) is 6.07 Å². The van der Waals surface area contributed by atoms with E-state index in [2.05, 4.69) is 0 Å². The van der Waals surface area contributed by atoms with Crippen LogP contribution < -0.4 is 66.7 Å². The molecular weight excluding hydrogens is 451 g/mol. The Morgan fingerprint density at radius 3 is 2.34 bits per heavy atom. The van der Waals surface area contributed by atoms with Crippen LogP contribution in [0.2, 0.25) is 0 Å². The van der Waals surface area contributed by atoms with Crippen LogP contribution in [-0.2, 0) is 9.53 Å². The first-order valence-electron chi connectivity index (χ1n) is 9.18. The largest absolute Gasteiger partial charge is 1.00 e.